The number of aromatic nitrogens is 1. The van der Waals surface area contributed by atoms with E-state index in [4.69, 9.17) is 9.47 Å². The van der Waals surface area contributed by atoms with Crippen molar-refractivity contribution in [1.29, 1.82) is 0 Å². The van der Waals surface area contributed by atoms with Gasteiger partial charge in [0.15, 0.2) is 11.6 Å². The number of carbonyl (C=O) groups is 3. The first kappa shape index (κ1) is 30.8. The fourth-order valence-corrected chi connectivity index (χ4v) is 5.00. The van der Waals surface area contributed by atoms with Gasteiger partial charge >= 0.3 is 12.1 Å². The topological polar surface area (TPSA) is 139 Å². The number of alkyl carbamates (subject to hydrolysis) is 1. The number of anilines is 1. The van der Waals surface area contributed by atoms with Crippen LogP contribution in [-0.4, -0.2) is 66.0 Å². The molecule has 11 nitrogen and oxygen atoms in total. The first-order valence-corrected chi connectivity index (χ1v) is 13.8. The molecule has 13 heteroatoms. The molecule has 4 rings (SSSR count). The molecule has 1 unspecified atom stereocenters. The smallest absolute Gasteiger partial charge is 0.408 e. The predicted molar refractivity (Wildman–Crippen MR) is 151 cm³/mol. The number of halogens is 2. The second-order valence-electron chi connectivity index (χ2n) is 11.6. The Morgan fingerprint density at radius 3 is 2.52 bits per heavy atom. The Bertz CT molecular complexity index is 1510. The number of carboxylic acids is 1. The first-order valence-electron chi connectivity index (χ1n) is 13.8. The highest BCUT2D eigenvalue weighted by atomic mass is 19.1. The van der Waals surface area contributed by atoms with E-state index in [1.807, 2.05) is 0 Å². The second kappa shape index (κ2) is 12.0. The number of piperidine rings is 1. The maximum absolute atomic E-state index is 15.7. The van der Waals surface area contributed by atoms with E-state index < -0.39 is 58.8 Å². The lowest BCUT2D eigenvalue weighted by Crippen LogP contribution is -2.46. The molecule has 0 bridgehead atoms. The maximum Gasteiger partial charge on any atom is 0.408 e. The number of aromatic carboxylic acids is 1. The molecular weight excluding hydrogens is 554 g/mol. The van der Waals surface area contributed by atoms with E-state index in [0.29, 0.717) is 30.5 Å². The normalized spacial score (nSPS) is 17.5. The summed E-state index contributed by atoms with van der Waals surface area (Å²) >= 11 is 0. The van der Waals surface area contributed by atoms with Crippen LogP contribution in [0.5, 0.6) is 5.75 Å². The molecular formula is C29H36F2N4O7. The Kier molecular flexibility index (Phi) is 8.79. The van der Waals surface area contributed by atoms with Gasteiger partial charge in [0.2, 0.25) is 11.3 Å². The lowest BCUT2D eigenvalue weighted by Gasteiger charge is -2.33. The number of carbonyl (C=O) groups excluding carboxylic acids is 2. The number of carboxylic acid groups (broad SMARTS) is 1. The highest BCUT2D eigenvalue weighted by Gasteiger charge is 2.32. The van der Waals surface area contributed by atoms with Crippen LogP contribution in [0, 0.1) is 5.82 Å². The summed E-state index contributed by atoms with van der Waals surface area (Å²) in [6, 6.07) is -0.000253. The van der Waals surface area contributed by atoms with Gasteiger partial charge in [-0.15, -0.1) is 0 Å². The van der Waals surface area contributed by atoms with Gasteiger partial charge in [-0.3, -0.25) is 9.59 Å². The quantitative estimate of drug-likeness (QED) is 0.419. The van der Waals surface area contributed by atoms with Crippen molar-refractivity contribution in [3.63, 3.8) is 0 Å². The van der Waals surface area contributed by atoms with Gasteiger partial charge in [0.05, 0.1) is 24.6 Å². The van der Waals surface area contributed by atoms with Crippen molar-refractivity contribution in [2.45, 2.75) is 71.1 Å². The lowest BCUT2D eigenvalue weighted by molar-refractivity contribution is -0.122. The van der Waals surface area contributed by atoms with Crippen LogP contribution in [0.4, 0.5) is 19.3 Å². The van der Waals surface area contributed by atoms with Crippen molar-refractivity contribution >= 4 is 34.6 Å². The Morgan fingerprint density at radius 1 is 1.24 bits per heavy atom. The van der Waals surface area contributed by atoms with E-state index in [0.717, 1.165) is 18.9 Å². The fraction of sp³-hybridized carbons (Fsp3) is 0.517. The minimum Gasteiger partial charge on any atom is -0.492 e. The van der Waals surface area contributed by atoms with Crippen molar-refractivity contribution in [2.75, 3.05) is 31.6 Å². The molecule has 2 amide bonds. The van der Waals surface area contributed by atoms with Crippen LogP contribution >= 0.6 is 0 Å². The number of pyridine rings is 1. The first-order chi connectivity index (χ1) is 19.7. The highest BCUT2D eigenvalue weighted by Crippen LogP contribution is 2.44. The van der Waals surface area contributed by atoms with E-state index in [-0.39, 0.29) is 29.4 Å². The maximum atomic E-state index is 15.7. The molecule has 2 aromatic rings. The van der Waals surface area contributed by atoms with Crippen LogP contribution in [0.3, 0.4) is 0 Å². The van der Waals surface area contributed by atoms with Crippen molar-refractivity contribution in [2.24, 2.45) is 0 Å². The molecule has 2 aliphatic rings. The molecule has 228 valence electrons. The number of nitrogens with zero attached hydrogens (tertiary/aromatic N) is 2. The molecule has 1 saturated carbocycles. The van der Waals surface area contributed by atoms with Crippen molar-refractivity contribution in [3.05, 3.63) is 45.3 Å². The van der Waals surface area contributed by atoms with Crippen LogP contribution in [0.1, 0.15) is 69.8 Å². The minimum absolute atomic E-state index is 0.00702. The standard InChI is InChI=1S/C29H36F2N4O7/c1-15(33-28(40)42-29(2,3)4)26(37)32-12-21(31)16-7-6-10-34(13-16)23-20(30)11-18-22(25(23)41-5)35(17-8-9-17)14-19(24(18)36)27(38)39/h11,14-15,17H,6-10,12-13H2,1-5H3,(H,32,37)(H,33,40)(H,38,39)/b21-16+. The predicted octanol–water partition coefficient (Wildman–Crippen LogP) is 4.04. The van der Waals surface area contributed by atoms with E-state index in [1.54, 1.807) is 30.2 Å². The van der Waals surface area contributed by atoms with Crippen molar-refractivity contribution in [1.82, 2.24) is 15.2 Å². The molecule has 1 aromatic heterocycles. The minimum atomic E-state index is -1.40. The number of ether oxygens (including phenoxy) is 2. The summed E-state index contributed by atoms with van der Waals surface area (Å²) in [4.78, 5) is 50.7. The van der Waals surface area contributed by atoms with Gasteiger partial charge in [-0.2, -0.15) is 0 Å². The van der Waals surface area contributed by atoms with E-state index in [1.165, 1.54) is 20.2 Å². The molecule has 1 aromatic carbocycles. The molecule has 1 aliphatic carbocycles. The van der Waals surface area contributed by atoms with Crippen molar-refractivity contribution < 1.29 is 37.7 Å². The molecule has 0 radical (unpaired) electrons. The molecule has 1 atom stereocenters. The summed E-state index contributed by atoms with van der Waals surface area (Å²) in [6.07, 6.45) is 2.91. The van der Waals surface area contributed by atoms with Crippen LogP contribution in [0.25, 0.3) is 10.9 Å². The average Bonchev–Trinajstić information content (AvgIpc) is 3.75. The number of benzene rings is 1. The zero-order chi connectivity index (χ0) is 30.9. The van der Waals surface area contributed by atoms with Crippen LogP contribution in [0.2, 0.25) is 0 Å². The summed E-state index contributed by atoms with van der Waals surface area (Å²) in [5.41, 5.74) is -1.31. The fourth-order valence-electron chi connectivity index (χ4n) is 5.00. The SMILES string of the molecule is COc1c(N2CCC/C(=C(\F)CNC(=O)C(C)NC(=O)OC(C)(C)C)C2)c(F)cc2c(=O)c(C(=O)O)cn(C3CC3)c12. The molecule has 42 heavy (non-hydrogen) atoms. The van der Waals surface area contributed by atoms with Gasteiger partial charge in [0.25, 0.3) is 0 Å². The van der Waals surface area contributed by atoms with Gasteiger partial charge in [0.1, 0.15) is 28.7 Å². The third kappa shape index (κ3) is 6.66. The van der Waals surface area contributed by atoms with E-state index in [2.05, 4.69) is 10.6 Å². The summed E-state index contributed by atoms with van der Waals surface area (Å²) in [5, 5.41) is 14.3. The van der Waals surface area contributed by atoms with Gasteiger partial charge in [-0.25, -0.2) is 18.4 Å². The zero-order valence-corrected chi connectivity index (χ0v) is 24.3. The number of hydrogen-bond acceptors (Lipinski definition) is 7. The Morgan fingerprint density at radius 2 is 1.93 bits per heavy atom. The molecule has 0 spiro atoms. The zero-order valence-electron chi connectivity index (χ0n) is 24.3. The summed E-state index contributed by atoms with van der Waals surface area (Å²) < 4.78 is 43.4. The summed E-state index contributed by atoms with van der Waals surface area (Å²) in [5.74, 6) is -3.31. The van der Waals surface area contributed by atoms with Gasteiger partial charge < -0.3 is 34.7 Å². The third-order valence-corrected chi connectivity index (χ3v) is 7.11. The largest absolute Gasteiger partial charge is 0.492 e. The van der Waals surface area contributed by atoms with Gasteiger partial charge in [-0.05, 0) is 65.0 Å². The van der Waals surface area contributed by atoms with Gasteiger partial charge in [-0.1, -0.05) is 0 Å². The Balaban J connectivity index is 1.58. The number of methoxy groups -OCH3 is 1. The van der Waals surface area contributed by atoms with E-state index in [9.17, 15) is 24.3 Å². The number of rotatable bonds is 8. The molecule has 3 N–H and O–H groups in total. The summed E-state index contributed by atoms with van der Waals surface area (Å²) in [7, 11) is 1.34. The Labute approximate surface area is 241 Å². The molecule has 2 heterocycles. The van der Waals surface area contributed by atoms with Gasteiger partial charge in [0, 0.05) is 25.3 Å². The number of amides is 2. The lowest BCUT2D eigenvalue weighted by atomic mass is 10.0. The van der Waals surface area contributed by atoms with E-state index >= 15 is 8.78 Å². The van der Waals surface area contributed by atoms with Crippen LogP contribution in [-0.2, 0) is 9.53 Å². The molecule has 1 aliphatic heterocycles. The highest BCUT2D eigenvalue weighted by molar-refractivity contribution is 5.97. The van der Waals surface area contributed by atoms with Crippen LogP contribution in [0.15, 0.2) is 28.5 Å². The average molecular weight is 591 g/mol. The monoisotopic (exact) mass is 590 g/mol. The van der Waals surface area contributed by atoms with Crippen LogP contribution < -0.4 is 25.7 Å². The number of hydrogen-bond donors (Lipinski definition) is 3. The summed E-state index contributed by atoms with van der Waals surface area (Å²) in [6.45, 7) is 6.47. The molecule has 2 fully saturated rings. The van der Waals surface area contributed by atoms with Crippen molar-refractivity contribution in [3.8, 4) is 5.75 Å². The second-order valence-corrected chi connectivity index (χ2v) is 11.6. The molecule has 1 saturated heterocycles. The number of fused-ring (bicyclic) bond motifs is 1. The third-order valence-electron chi connectivity index (χ3n) is 7.11. The number of nitrogens with one attached hydrogen (secondary N) is 2. The Hall–Kier alpha value is -4.16.